The highest BCUT2D eigenvalue weighted by Gasteiger charge is 2.26. The molecule has 2 heterocycles. The van der Waals surface area contributed by atoms with Crippen LogP contribution in [0.2, 0.25) is 0 Å². The summed E-state index contributed by atoms with van der Waals surface area (Å²) in [6.07, 6.45) is 3.60. The van der Waals surface area contributed by atoms with E-state index in [-0.39, 0.29) is 11.8 Å². The number of hydrogen-bond acceptors (Lipinski definition) is 3. The first-order valence-corrected chi connectivity index (χ1v) is 8.90. The second-order valence-corrected chi connectivity index (χ2v) is 6.58. The average molecular weight is 365 g/mol. The van der Waals surface area contributed by atoms with Gasteiger partial charge in [0.15, 0.2) is 0 Å². The van der Waals surface area contributed by atoms with E-state index in [1.54, 1.807) is 30.6 Å². The topological polar surface area (TPSA) is 64.0 Å². The molecule has 3 aromatic carbocycles. The summed E-state index contributed by atoms with van der Waals surface area (Å²) in [6.45, 7) is 0. The largest absolute Gasteiger partial charge is 0.299 e. The molecule has 0 aliphatic carbocycles. The lowest BCUT2D eigenvalue weighted by Gasteiger charge is -2.18. The van der Waals surface area contributed by atoms with E-state index >= 15 is 0 Å². The van der Waals surface area contributed by atoms with Crippen molar-refractivity contribution in [1.29, 1.82) is 0 Å². The van der Waals surface area contributed by atoms with Crippen LogP contribution in [-0.2, 0) is 4.79 Å². The first kappa shape index (κ1) is 16.2. The summed E-state index contributed by atoms with van der Waals surface area (Å²) in [5.74, 6) is -0.742. The van der Waals surface area contributed by atoms with Crippen molar-refractivity contribution in [3.8, 4) is 5.69 Å². The van der Waals surface area contributed by atoms with E-state index in [9.17, 15) is 9.59 Å². The minimum absolute atomic E-state index is 0.361. The molecule has 5 nitrogen and oxygen atoms in total. The van der Waals surface area contributed by atoms with Gasteiger partial charge in [-0.15, -0.1) is 0 Å². The third-order valence-corrected chi connectivity index (χ3v) is 4.87. The molecule has 0 saturated carbocycles. The maximum Gasteiger partial charge on any atom is 0.258 e. The number of amides is 2. The van der Waals surface area contributed by atoms with Gasteiger partial charge in [-0.25, -0.2) is 4.98 Å². The van der Waals surface area contributed by atoms with Gasteiger partial charge < -0.3 is 0 Å². The van der Waals surface area contributed by atoms with E-state index < -0.39 is 0 Å². The standard InChI is InChI=1S/C23H15N3O2/c27-22-18-6-2-1-5-17(18)19(23(28)25-22)13-15-9-11-16(12-10-15)26-14-24-20-7-3-4-8-21(20)26/h1-14H,(H,25,27,28)/b19-13+. The minimum atomic E-state index is -0.381. The Labute approximate surface area is 161 Å². The van der Waals surface area contributed by atoms with Crippen molar-refractivity contribution < 1.29 is 9.59 Å². The molecule has 134 valence electrons. The molecule has 0 atom stereocenters. The summed E-state index contributed by atoms with van der Waals surface area (Å²) in [5.41, 5.74) is 5.48. The van der Waals surface area contributed by atoms with E-state index in [1.807, 2.05) is 59.2 Å². The Balaban J connectivity index is 1.54. The quantitative estimate of drug-likeness (QED) is 0.434. The Kier molecular flexibility index (Phi) is 3.66. The highest BCUT2D eigenvalue weighted by atomic mass is 16.2. The number of fused-ring (bicyclic) bond motifs is 2. The fraction of sp³-hybridized carbons (Fsp3) is 0. The number of aromatic nitrogens is 2. The Morgan fingerprint density at radius 2 is 1.50 bits per heavy atom. The molecule has 0 bridgehead atoms. The highest BCUT2D eigenvalue weighted by molar-refractivity contribution is 6.33. The molecule has 2 amide bonds. The van der Waals surface area contributed by atoms with Gasteiger partial charge >= 0.3 is 0 Å². The molecule has 4 aromatic rings. The number of nitrogens with one attached hydrogen (secondary N) is 1. The smallest absolute Gasteiger partial charge is 0.258 e. The molecule has 1 aromatic heterocycles. The molecule has 0 unspecified atom stereocenters. The van der Waals surface area contributed by atoms with Crippen LogP contribution in [0.4, 0.5) is 0 Å². The first-order chi connectivity index (χ1) is 13.7. The van der Waals surface area contributed by atoms with Crippen molar-refractivity contribution in [1.82, 2.24) is 14.9 Å². The summed E-state index contributed by atoms with van der Waals surface area (Å²) in [4.78, 5) is 28.8. The Morgan fingerprint density at radius 1 is 0.786 bits per heavy atom. The zero-order chi connectivity index (χ0) is 19.1. The van der Waals surface area contributed by atoms with Crippen LogP contribution in [0.25, 0.3) is 28.4 Å². The van der Waals surface area contributed by atoms with Gasteiger partial charge in [-0.1, -0.05) is 42.5 Å². The van der Waals surface area contributed by atoms with Crippen LogP contribution in [0.15, 0.2) is 79.1 Å². The molecule has 1 aliphatic rings. The SMILES string of the molecule is O=C1NC(=O)c2ccccc2/C1=C\c1ccc(-n2cnc3ccccc32)cc1. The fourth-order valence-electron chi connectivity index (χ4n) is 3.48. The second kappa shape index (κ2) is 6.32. The minimum Gasteiger partial charge on any atom is -0.299 e. The number of benzene rings is 3. The van der Waals surface area contributed by atoms with Gasteiger partial charge in [0.1, 0.15) is 6.33 Å². The summed E-state index contributed by atoms with van der Waals surface area (Å²) in [6, 6.07) is 22.9. The molecule has 0 spiro atoms. The van der Waals surface area contributed by atoms with Crippen molar-refractivity contribution in [2.24, 2.45) is 0 Å². The van der Waals surface area contributed by atoms with Gasteiger partial charge in [-0.05, 0) is 47.5 Å². The lowest BCUT2D eigenvalue weighted by Crippen LogP contribution is -2.36. The molecular weight excluding hydrogens is 350 g/mol. The molecule has 1 aliphatic heterocycles. The predicted molar refractivity (Wildman–Crippen MR) is 108 cm³/mol. The van der Waals surface area contributed by atoms with Crippen LogP contribution >= 0.6 is 0 Å². The summed E-state index contributed by atoms with van der Waals surface area (Å²) in [7, 11) is 0. The zero-order valence-electron chi connectivity index (χ0n) is 14.8. The number of imidazole rings is 1. The number of nitrogens with zero attached hydrogens (tertiary/aromatic N) is 2. The van der Waals surface area contributed by atoms with Gasteiger partial charge in [0.05, 0.1) is 11.0 Å². The Bertz CT molecular complexity index is 1270. The Morgan fingerprint density at radius 3 is 2.32 bits per heavy atom. The zero-order valence-corrected chi connectivity index (χ0v) is 14.8. The van der Waals surface area contributed by atoms with Crippen molar-refractivity contribution in [2.45, 2.75) is 0 Å². The number of carbonyl (C=O) groups is 2. The summed E-state index contributed by atoms with van der Waals surface area (Å²) >= 11 is 0. The number of hydrogen-bond donors (Lipinski definition) is 1. The molecule has 1 N–H and O–H groups in total. The lowest BCUT2D eigenvalue weighted by atomic mass is 9.93. The first-order valence-electron chi connectivity index (χ1n) is 8.90. The van der Waals surface area contributed by atoms with E-state index in [0.29, 0.717) is 16.7 Å². The predicted octanol–water partition coefficient (Wildman–Crippen LogP) is 3.84. The second-order valence-electron chi connectivity index (χ2n) is 6.58. The van der Waals surface area contributed by atoms with Gasteiger partial charge in [0.25, 0.3) is 11.8 Å². The molecule has 0 saturated heterocycles. The number of imide groups is 1. The van der Waals surface area contributed by atoms with Gasteiger partial charge in [0.2, 0.25) is 0 Å². The van der Waals surface area contributed by atoms with E-state index in [0.717, 1.165) is 22.3 Å². The molecule has 0 radical (unpaired) electrons. The monoisotopic (exact) mass is 365 g/mol. The van der Waals surface area contributed by atoms with Crippen LogP contribution in [0.5, 0.6) is 0 Å². The average Bonchev–Trinajstić information content (AvgIpc) is 3.16. The number of carbonyl (C=O) groups excluding carboxylic acids is 2. The fourth-order valence-corrected chi connectivity index (χ4v) is 3.48. The van der Waals surface area contributed by atoms with Crippen LogP contribution < -0.4 is 5.32 Å². The van der Waals surface area contributed by atoms with Crippen molar-refractivity contribution in [2.75, 3.05) is 0 Å². The maximum atomic E-state index is 12.4. The third kappa shape index (κ3) is 2.61. The molecule has 5 heteroatoms. The molecule has 0 fully saturated rings. The normalized spacial score (nSPS) is 14.9. The molecule has 5 rings (SSSR count). The third-order valence-electron chi connectivity index (χ3n) is 4.87. The van der Waals surface area contributed by atoms with Crippen molar-refractivity contribution in [3.05, 3.63) is 95.8 Å². The van der Waals surface area contributed by atoms with Gasteiger partial charge in [0, 0.05) is 16.8 Å². The van der Waals surface area contributed by atoms with E-state index in [4.69, 9.17) is 0 Å². The molecule has 28 heavy (non-hydrogen) atoms. The number of para-hydroxylation sites is 2. The lowest BCUT2D eigenvalue weighted by molar-refractivity contribution is -0.114. The number of rotatable bonds is 2. The van der Waals surface area contributed by atoms with E-state index in [1.165, 1.54) is 0 Å². The van der Waals surface area contributed by atoms with Gasteiger partial charge in [-0.3, -0.25) is 19.5 Å². The summed E-state index contributed by atoms with van der Waals surface area (Å²) in [5, 5.41) is 2.40. The van der Waals surface area contributed by atoms with Crippen LogP contribution in [0.3, 0.4) is 0 Å². The van der Waals surface area contributed by atoms with Crippen LogP contribution in [0, 0.1) is 0 Å². The van der Waals surface area contributed by atoms with Crippen molar-refractivity contribution in [3.63, 3.8) is 0 Å². The van der Waals surface area contributed by atoms with Crippen LogP contribution in [0.1, 0.15) is 21.5 Å². The Hall–Kier alpha value is -3.99. The maximum absolute atomic E-state index is 12.4. The van der Waals surface area contributed by atoms with Crippen molar-refractivity contribution >= 4 is 34.5 Å². The van der Waals surface area contributed by atoms with Gasteiger partial charge in [-0.2, -0.15) is 0 Å². The summed E-state index contributed by atoms with van der Waals surface area (Å²) < 4.78 is 2.02. The molecular formula is C23H15N3O2. The van der Waals surface area contributed by atoms with Crippen LogP contribution in [-0.4, -0.2) is 21.4 Å². The highest BCUT2D eigenvalue weighted by Crippen LogP contribution is 2.26. The van der Waals surface area contributed by atoms with E-state index in [2.05, 4.69) is 10.3 Å².